The highest BCUT2D eigenvalue weighted by molar-refractivity contribution is 5.58. The normalized spacial score (nSPS) is 13.5. The molecule has 0 aliphatic carbocycles. The van der Waals surface area contributed by atoms with E-state index < -0.39 is 0 Å². The molecule has 1 aromatic carbocycles. The van der Waals surface area contributed by atoms with Crippen molar-refractivity contribution in [1.29, 1.82) is 0 Å². The zero-order chi connectivity index (χ0) is 14.7. The van der Waals surface area contributed by atoms with Gasteiger partial charge in [0.2, 0.25) is 0 Å². The van der Waals surface area contributed by atoms with Crippen LogP contribution in [-0.4, -0.2) is 18.1 Å². The minimum absolute atomic E-state index is 0.172. The summed E-state index contributed by atoms with van der Waals surface area (Å²) in [5.74, 6) is -0.172. The van der Waals surface area contributed by atoms with E-state index in [2.05, 4.69) is 22.1 Å². The van der Waals surface area contributed by atoms with Crippen LogP contribution in [0.2, 0.25) is 0 Å². The molecule has 4 heteroatoms. The van der Waals surface area contributed by atoms with Crippen molar-refractivity contribution in [2.75, 3.05) is 18.0 Å². The Morgan fingerprint density at radius 3 is 2.95 bits per heavy atom. The molecule has 1 N–H and O–H groups in total. The standard InChI is InChI=1S/C17H20FN3/c1-2-19-11-15-4-3-5-16(20-15)12-21-9-8-13-6-7-14(18)10-17(13)21/h3-7,10,19H,2,8-9,11-12H2,1H3. The van der Waals surface area contributed by atoms with Gasteiger partial charge in [-0.15, -0.1) is 0 Å². The number of rotatable bonds is 5. The molecule has 1 aliphatic rings. The lowest BCUT2D eigenvalue weighted by molar-refractivity contribution is 0.627. The molecule has 0 saturated heterocycles. The first kappa shape index (κ1) is 14.0. The van der Waals surface area contributed by atoms with Crippen molar-refractivity contribution in [2.24, 2.45) is 0 Å². The monoisotopic (exact) mass is 285 g/mol. The Balaban J connectivity index is 1.75. The minimum Gasteiger partial charge on any atom is -0.365 e. The van der Waals surface area contributed by atoms with Gasteiger partial charge in [0, 0.05) is 18.8 Å². The Morgan fingerprint density at radius 2 is 2.10 bits per heavy atom. The highest BCUT2D eigenvalue weighted by Crippen LogP contribution is 2.29. The van der Waals surface area contributed by atoms with Crippen molar-refractivity contribution in [1.82, 2.24) is 10.3 Å². The molecule has 21 heavy (non-hydrogen) atoms. The van der Waals surface area contributed by atoms with Crippen molar-refractivity contribution < 1.29 is 4.39 Å². The predicted octanol–water partition coefficient (Wildman–Crippen LogP) is 2.89. The molecule has 1 aliphatic heterocycles. The summed E-state index contributed by atoms with van der Waals surface area (Å²) in [5, 5.41) is 3.28. The topological polar surface area (TPSA) is 28.2 Å². The lowest BCUT2D eigenvalue weighted by Gasteiger charge is -2.19. The van der Waals surface area contributed by atoms with Crippen LogP contribution < -0.4 is 10.2 Å². The van der Waals surface area contributed by atoms with Crippen LogP contribution >= 0.6 is 0 Å². The molecule has 3 rings (SSSR count). The van der Waals surface area contributed by atoms with E-state index in [-0.39, 0.29) is 5.82 Å². The number of nitrogens with zero attached hydrogens (tertiary/aromatic N) is 2. The molecule has 110 valence electrons. The highest BCUT2D eigenvalue weighted by Gasteiger charge is 2.20. The van der Waals surface area contributed by atoms with Crippen molar-refractivity contribution in [3.8, 4) is 0 Å². The summed E-state index contributed by atoms with van der Waals surface area (Å²) in [6.45, 7) is 5.47. The third-order valence-corrected chi connectivity index (χ3v) is 3.81. The molecule has 0 fully saturated rings. The van der Waals surface area contributed by atoms with Crippen molar-refractivity contribution >= 4 is 5.69 Å². The van der Waals surface area contributed by atoms with Gasteiger partial charge < -0.3 is 10.2 Å². The maximum Gasteiger partial charge on any atom is 0.125 e. The average Bonchev–Trinajstić information content (AvgIpc) is 2.88. The summed E-state index contributed by atoms with van der Waals surface area (Å²) in [6, 6.07) is 11.2. The number of aromatic nitrogens is 1. The number of pyridine rings is 1. The third kappa shape index (κ3) is 3.22. The van der Waals surface area contributed by atoms with Gasteiger partial charge in [-0.3, -0.25) is 4.98 Å². The van der Waals surface area contributed by atoms with Crippen LogP contribution in [0.1, 0.15) is 23.9 Å². The molecule has 0 amide bonds. The van der Waals surface area contributed by atoms with Gasteiger partial charge in [-0.05, 0) is 42.8 Å². The lowest BCUT2D eigenvalue weighted by atomic mass is 10.2. The molecule has 0 bridgehead atoms. The minimum atomic E-state index is -0.172. The predicted molar refractivity (Wildman–Crippen MR) is 82.8 cm³/mol. The number of hydrogen-bond acceptors (Lipinski definition) is 3. The van der Waals surface area contributed by atoms with Crippen LogP contribution in [0.5, 0.6) is 0 Å². The fourth-order valence-electron chi connectivity index (χ4n) is 2.75. The molecule has 2 aromatic rings. The molecule has 0 radical (unpaired) electrons. The molecule has 0 saturated carbocycles. The molecular weight excluding hydrogens is 265 g/mol. The number of hydrogen-bond donors (Lipinski definition) is 1. The first-order valence-corrected chi connectivity index (χ1v) is 7.45. The SMILES string of the molecule is CCNCc1cccc(CN2CCc3ccc(F)cc32)n1. The van der Waals surface area contributed by atoms with E-state index in [1.165, 1.54) is 11.6 Å². The van der Waals surface area contributed by atoms with Crippen LogP contribution in [0.15, 0.2) is 36.4 Å². The quantitative estimate of drug-likeness (QED) is 0.915. The summed E-state index contributed by atoms with van der Waals surface area (Å²) in [5.41, 5.74) is 4.31. The summed E-state index contributed by atoms with van der Waals surface area (Å²) in [7, 11) is 0. The molecule has 0 atom stereocenters. The van der Waals surface area contributed by atoms with Gasteiger partial charge in [-0.2, -0.15) is 0 Å². The zero-order valence-corrected chi connectivity index (χ0v) is 12.3. The second kappa shape index (κ2) is 6.22. The summed E-state index contributed by atoms with van der Waals surface area (Å²) >= 11 is 0. The zero-order valence-electron chi connectivity index (χ0n) is 12.3. The van der Waals surface area contributed by atoms with E-state index in [1.807, 2.05) is 24.3 Å². The average molecular weight is 285 g/mol. The van der Waals surface area contributed by atoms with Gasteiger partial charge >= 0.3 is 0 Å². The Labute approximate surface area is 124 Å². The van der Waals surface area contributed by atoms with Crippen LogP contribution in [0.3, 0.4) is 0 Å². The van der Waals surface area contributed by atoms with E-state index in [1.54, 1.807) is 6.07 Å². The largest absolute Gasteiger partial charge is 0.365 e. The van der Waals surface area contributed by atoms with E-state index in [0.29, 0.717) is 0 Å². The van der Waals surface area contributed by atoms with Gasteiger partial charge in [0.25, 0.3) is 0 Å². The van der Waals surface area contributed by atoms with Gasteiger partial charge in [-0.25, -0.2) is 4.39 Å². The van der Waals surface area contributed by atoms with Crippen molar-refractivity contribution in [3.05, 3.63) is 59.2 Å². The Bertz CT molecular complexity index is 627. The van der Waals surface area contributed by atoms with E-state index >= 15 is 0 Å². The van der Waals surface area contributed by atoms with E-state index in [4.69, 9.17) is 0 Å². The molecule has 2 heterocycles. The van der Waals surface area contributed by atoms with Gasteiger partial charge in [-0.1, -0.05) is 19.1 Å². The summed E-state index contributed by atoms with van der Waals surface area (Å²) < 4.78 is 13.4. The first-order valence-electron chi connectivity index (χ1n) is 7.45. The molecular formula is C17H20FN3. The van der Waals surface area contributed by atoms with Crippen LogP contribution in [0.25, 0.3) is 0 Å². The molecule has 1 aromatic heterocycles. The summed E-state index contributed by atoms with van der Waals surface area (Å²) in [4.78, 5) is 6.88. The number of nitrogens with one attached hydrogen (secondary N) is 1. The van der Waals surface area contributed by atoms with Crippen molar-refractivity contribution in [2.45, 2.75) is 26.4 Å². The first-order chi connectivity index (χ1) is 10.3. The Hall–Kier alpha value is -1.94. The van der Waals surface area contributed by atoms with Gasteiger partial charge in [0.05, 0.1) is 17.9 Å². The Kier molecular flexibility index (Phi) is 4.15. The third-order valence-electron chi connectivity index (χ3n) is 3.81. The molecule has 3 nitrogen and oxygen atoms in total. The number of fused-ring (bicyclic) bond motifs is 1. The second-order valence-corrected chi connectivity index (χ2v) is 5.35. The smallest absolute Gasteiger partial charge is 0.125 e. The van der Waals surface area contributed by atoms with Gasteiger partial charge in [0.15, 0.2) is 0 Å². The number of halogens is 1. The summed E-state index contributed by atoms with van der Waals surface area (Å²) in [6.07, 6.45) is 0.979. The van der Waals surface area contributed by atoms with Crippen LogP contribution in [0.4, 0.5) is 10.1 Å². The Morgan fingerprint density at radius 1 is 1.24 bits per heavy atom. The maximum absolute atomic E-state index is 13.4. The lowest BCUT2D eigenvalue weighted by Crippen LogP contribution is -2.21. The number of benzene rings is 1. The van der Waals surface area contributed by atoms with Gasteiger partial charge in [0.1, 0.15) is 5.82 Å². The number of anilines is 1. The maximum atomic E-state index is 13.4. The fraction of sp³-hybridized carbons (Fsp3) is 0.353. The van der Waals surface area contributed by atoms with E-state index in [0.717, 1.165) is 49.7 Å². The second-order valence-electron chi connectivity index (χ2n) is 5.35. The molecule has 0 spiro atoms. The van der Waals surface area contributed by atoms with Crippen LogP contribution in [-0.2, 0) is 19.5 Å². The van der Waals surface area contributed by atoms with Crippen molar-refractivity contribution in [3.63, 3.8) is 0 Å². The fourth-order valence-corrected chi connectivity index (χ4v) is 2.75. The van der Waals surface area contributed by atoms with E-state index in [9.17, 15) is 4.39 Å². The highest BCUT2D eigenvalue weighted by atomic mass is 19.1. The van der Waals surface area contributed by atoms with Crippen LogP contribution in [0, 0.1) is 5.82 Å². The molecule has 0 unspecified atom stereocenters.